The first-order chi connectivity index (χ1) is 6.56. The Balaban J connectivity index is 4.18. The van der Waals surface area contributed by atoms with E-state index in [1.54, 1.807) is 0 Å². The molecule has 0 rings (SSSR count). The lowest BCUT2D eigenvalue weighted by atomic mass is 10.2. The van der Waals surface area contributed by atoms with Gasteiger partial charge in [-0.15, -0.1) is 0 Å². The highest BCUT2D eigenvalue weighted by Crippen LogP contribution is 1.94. The van der Waals surface area contributed by atoms with E-state index < -0.39 is 18.0 Å². The standard InChI is InChI=1S/C7H14N2O2S3/c8-4(1-12)7(11)9-5(2-13)6(10)3-14/h4-5,12-14H,1-3,8H2,(H,9,11)/t4-,5?/m0/s1. The molecule has 0 aromatic carbocycles. The number of carbonyl (C=O) groups is 2. The first-order valence-electron chi connectivity index (χ1n) is 3.98. The van der Waals surface area contributed by atoms with Crippen LogP contribution in [0.25, 0.3) is 0 Å². The van der Waals surface area contributed by atoms with E-state index in [1.165, 1.54) is 0 Å². The second-order valence-electron chi connectivity index (χ2n) is 2.66. The number of hydrogen-bond acceptors (Lipinski definition) is 6. The van der Waals surface area contributed by atoms with E-state index >= 15 is 0 Å². The van der Waals surface area contributed by atoms with Gasteiger partial charge >= 0.3 is 0 Å². The zero-order valence-corrected chi connectivity index (χ0v) is 10.2. The molecule has 0 aliphatic carbocycles. The van der Waals surface area contributed by atoms with Gasteiger partial charge in [0.25, 0.3) is 0 Å². The molecule has 14 heavy (non-hydrogen) atoms. The minimum Gasteiger partial charge on any atom is -0.344 e. The van der Waals surface area contributed by atoms with Crippen LogP contribution < -0.4 is 11.1 Å². The van der Waals surface area contributed by atoms with Crippen molar-refractivity contribution < 1.29 is 9.59 Å². The molecule has 1 unspecified atom stereocenters. The summed E-state index contributed by atoms with van der Waals surface area (Å²) in [5.74, 6) is -0.0242. The molecule has 0 spiro atoms. The van der Waals surface area contributed by atoms with Crippen molar-refractivity contribution in [3.63, 3.8) is 0 Å². The fourth-order valence-corrected chi connectivity index (χ4v) is 1.38. The van der Waals surface area contributed by atoms with Gasteiger partial charge in [0.2, 0.25) is 5.91 Å². The topological polar surface area (TPSA) is 72.2 Å². The zero-order chi connectivity index (χ0) is 11.1. The molecule has 0 aromatic rings. The van der Waals surface area contributed by atoms with Crippen molar-refractivity contribution in [1.82, 2.24) is 5.32 Å². The molecular weight excluding hydrogens is 240 g/mol. The summed E-state index contributed by atoms with van der Waals surface area (Å²) >= 11 is 11.7. The van der Waals surface area contributed by atoms with Gasteiger partial charge in [0.15, 0.2) is 5.78 Å². The first-order valence-corrected chi connectivity index (χ1v) is 5.87. The van der Waals surface area contributed by atoms with Gasteiger partial charge in [0, 0.05) is 11.5 Å². The monoisotopic (exact) mass is 254 g/mol. The summed E-state index contributed by atoms with van der Waals surface area (Å²) in [4.78, 5) is 22.5. The molecule has 7 heteroatoms. The number of nitrogens with one attached hydrogen (secondary N) is 1. The van der Waals surface area contributed by atoms with Crippen molar-refractivity contribution in [1.29, 1.82) is 0 Å². The SMILES string of the molecule is N[C@@H](CS)C(=O)NC(CS)C(=O)CS. The number of hydrogen-bond donors (Lipinski definition) is 5. The summed E-state index contributed by atoms with van der Waals surface area (Å²) in [7, 11) is 0. The molecule has 0 bridgehead atoms. The van der Waals surface area contributed by atoms with E-state index in [4.69, 9.17) is 5.73 Å². The molecule has 0 radical (unpaired) electrons. The van der Waals surface area contributed by atoms with Gasteiger partial charge in [-0.25, -0.2) is 0 Å². The van der Waals surface area contributed by atoms with E-state index in [2.05, 4.69) is 43.2 Å². The van der Waals surface area contributed by atoms with Gasteiger partial charge in [0.05, 0.1) is 17.8 Å². The number of Topliss-reactive ketones (excluding diaryl/α,β-unsaturated/α-hetero) is 1. The lowest BCUT2D eigenvalue weighted by Crippen LogP contribution is -2.50. The van der Waals surface area contributed by atoms with Gasteiger partial charge < -0.3 is 11.1 Å². The van der Waals surface area contributed by atoms with Crippen LogP contribution in [0.3, 0.4) is 0 Å². The highest BCUT2D eigenvalue weighted by atomic mass is 32.1. The third-order valence-electron chi connectivity index (χ3n) is 1.58. The van der Waals surface area contributed by atoms with Crippen LogP contribution in [0.15, 0.2) is 0 Å². The van der Waals surface area contributed by atoms with Crippen molar-refractivity contribution in [2.45, 2.75) is 12.1 Å². The fourth-order valence-electron chi connectivity index (χ4n) is 0.700. The van der Waals surface area contributed by atoms with Crippen molar-refractivity contribution >= 4 is 49.6 Å². The zero-order valence-electron chi connectivity index (χ0n) is 7.51. The highest BCUT2D eigenvalue weighted by molar-refractivity contribution is 7.81. The van der Waals surface area contributed by atoms with Crippen LogP contribution in [-0.4, -0.2) is 41.0 Å². The molecule has 0 saturated carbocycles. The number of thiol groups is 3. The number of amides is 1. The Bertz CT molecular complexity index is 213. The molecule has 2 atom stereocenters. The summed E-state index contributed by atoms with van der Waals surface area (Å²) in [6.07, 6.45) is 0. The number of nitrogens with two attached hydrogens (primary N) is 1. The minimum absolute atomic E-state index is 0.0711. The van der Waals surface area contributed by atoms with E-state index in [9.17, 15) is 9.59 Å². The van der Waals surface area contributed by atoms with Crippen LogP contribution in [0.1, 0.15) is 0 Å². The highest BCUT2D eigenvalue weighted by Gasteiger charge is 2.20. The molecule has 0 heterocycles. The number of carbonyl (C=O) groups excluding carboxylic acids is 2. The van der Waals surface area contributed by atoms with Gasteiger partial charge in [-0.1, -0.05) is 0 Å². The Labute approximate surface area is 99.6 Å². The van der Waals surface area contributed by atoms with Gasteiger partial charge in [0.1, 0.15) is 0 Å². The van der Waals surface area contributed by atoms with Crippen LogP contribution in [0.2, 0.25) is 0 Å². The third kappa shape index (κ3) is 4.59. The Kier molecular flexibility index (Phi) is 7.52. The van der Waals surface area contributed by atoms with Crippen LogP contribution in [-0.2, 0) is 9.59 Å². The summed E-state index contributed by atoms with van der Waals surface area (Å²) in [6.45, 7) is 0. The van der Waals surface area contributed by atoms with Crippen molar-refractivity contribution in [3.05, 3.63) is 0 Å². The average Bonchev–Trinajstić information content (AvgIpc) is 2.22. The number of ketones is 1. The lowest BCUT2D eigenvalue weighted by Gasteiger charge is -2.16. The third-order valence-corrected chi connectivity index (χ3v) is 2.65. The maximum atomic E-state index is 11.3. The van der Waals surface area contributed by atoms with Crippen molar-refractivity contribution in [2.24, 2.45) is 5.73 Å². The predicted molar refractivity (Wildman–Crippen MR) is 66.5 cm³/mol. The maximum Gasteiger partial charge on any atom is 0.238 e. The van der Waals surface area contributed by atoms with Gasteiger partial charge in [-0.3, -0.25) is 9.59 Å². The lowest BCUT2D eigenvalue weighted by molar-refractivity contribution is -0.126. The summed E-state index contributed by atoms with van der Waals surface area (Å²) in [5, 5.41) is 2.48. The van der Waals surface area contributed by atoms with Gasteiger partial charge in [-0.05, 0) is 0 Å². The molecule has 0 saturated heterocycles. The van der Waals surface area contributed by atoms with E-state index in [-0.39, 0.29) is 23.0 Å². The van der Waals surface area contributed by atoms with Crippen LogP contribution in [0.4, 0.5) is 0 Å². The smallest absolute Gasteiger partial charge is 0.238 e. The average molecular weight is 254 g/mol. The Morgan fingerprint density at radius 2 is 1.79 bits per heavy atom. The molecule has 0 aliphatic rings. The Hall–Kier alpha value is 0.150. The molecule has 4 nitrogen and oxygen atoms in total. The van der Waals surface area contributed by atoms with Crippen molar-refractivity contribution in [2.75, 3.05) is 17.3 Å². The number of rotatable bonds is 6. The predicted octanol–water partition coefficient (Wildman–Crippen LogP) is -0.843. The first kappa shape index (κ1) is 14.2. The summed E-state index contributed by atoms with van der Waals surface area (Å²) in [6, 6.07) is -1.32. The molecule has 82 valence electrons. The van der Waals surface area contributed by atoms with E-state index in [0.717, 1.165) is 0 Å². The second-order valence-corrected chi connectivity index (χ2v) is 3.70. The van der Waals surface area contributed by atoms with Crippen LogP contribution >= 0.6 is 37.9 Å². The normalized spacial score (nSPS) is 14.6. The molecule has 0 aromatic heterocycles. The van der Waals surface area contributed by atoms with Gasteiger partial charge in [-0.2, -0.15) is 37.9 Å². The molecule has 1 amide bonds. The molecule has 0 aliphatic heterocycles. The molecule has 0 fully saturated rings. The van der Waals surface area contributed by atoms with Crippen LogP contribution in [0.5, 0.6) is 0 Å². The van der Waals surface area contributed by atoms with Crippen LogP contribution in [0, 0.1) is 0 Å². The maximum absolute atomic E-state index is 11.3. The summed E-state index contributed by atoms with van der Waals surface area (Å²) < 4.78 is 0. The fraction of sp³-hybridized carbons (Fsp3) is 0.714. The Morgan fingerprint density at radius 3 is 2.14 bits per heavy atom. The van der Waals surface area contributed by atoms with E-state index in [1.807, 2.05) is 0 Å². The molecular formula is C7H14N2O2S3. The van der Waals surface area contributed by atoms with E-state index in [0.29, 0.717) is 0 Å². The largest absolute Gasteiger partial charge is 0.344 e. The quantitative estimate of drug-likeness (QED) is 0.401. The van der Waals surface area contributed by atoms with Crippen molar-refractivity contribution in [3.8, 4) is 0 Å². The second kappa shape index (κ2) is 7.44. The Morgan fingerprint density at radius 1 is 1.21 bits per heavy atom. The summed E-state index contributed by atoms with van der Waals surface area (Å²) in [5.41, 5.74) is 5.42. The minimum atomic E-state index is -0.701. The molecule has 3 N–H and O–H groups in total.